The average Bonchev–Trinajstić information content (AvgIpc) is 3.06. The number of pyridine rings is 1. The number of imidazole rings is 1. The van der Waals surface area contributed by atoms with E-state index in [0.29, 0.717) is 12.3 Å². The van der Waals surface area contributed by atoms with E-state index in [9.17, 15) is 9.90 Å². The molecule has 142 valence electrons. The number of fused-ring (bicyclic) bond motifs is 1. The van der Waals surface area contributed by atoms with E-state index in [4.69, 9.17) is 0 Å². The van der Waals surface area contributed by atoms with Crippen LogP contribution in [-0.2, 0) is 10.5 Å². The van der Waals surface area contributed by atoms with Crippen LogP contribution in [0.15, 0.2) is 30.6 Å². The Morgan fingerprint density at radius 3 is 3.08 bits per heavy atom. The molecule has 1 saturated carbocycles. The number of hydrogen-bond donors (Lipinski definition) is 2. The van der Waals surface area contributed by atoms with E-state index < -0.39 is 0 Å². The highest BCUT2D eigenvalue weighted by Crippen LogP contribution is 2.27. The Morgan fingerprint density at radius 2 is 2.23 bits per heavy atom. The first-order valence-corrected chi connectivity index (χ1v) is 10.8. The van der Waals surface area contributed by atoms with Gasteiger partial charge in [0.15, 0.2) is 0 Å². The van der Waals surface area contributed by atoms with Crippen molar-refractivity contribution in [3.8, 4) is 0 Å². The van der Waals surface area contributed by atoms with E-state index in [1.807, 2.05) is 35.0 Å². The normalized spacial score (nSPS) is 20.3. The van der Waals surface area contributed by atoms with Crippen molar-refractivity contribution in [2.24, 2.45) is 5.92 Å². The van der Waals surface area contributed by atoms with E-state index >= 15 is 0 Å². The van der Waals surface area contributed by atoms with Gasteiger partial charge in [0.2, 0.25) is 5.91 Å². The highest BCUT2D eigenvalue weighted by atomic mass is 32.2. The van der Waals surface area contributed by atoms with Crippen LogP contribution in [-0.4, -0.2) is 38.8 Å². The predicted octanol–water partition coefficient (Wildman–Crippen LogP) is 3.41. The molecule has 1 fully saturated rings. The lowest BCUT2D eigenvalue weighted by atomic mass is 9.83. The van der Waals surface area contributed by atoms with Crippen LogP contribution in [0.2, 0.25) is 0 Å². The number of aliphatic hydroxyl groups is 1. The smallest absolute Gasteiger partial charge is 0.220 e. The van der Waals surface area contributed by atoms with E-state index in [1.165, 1.54) is 6.42 Å². The predicted molar refractivity (Wildman–Crippen MR) is 106 cm³/mol. The van der Waals surface area contributed by atoms with Gasteiger partial charge in [0, 0.05) is 36.9 Å². The number of amides is 1. The molecule has 0 aliphatic heterocycles. The van der Waals surface area contributed by atoms with E-state index in [-0.39, 0.29) is 12.0 Å². The number of rotatable bonds is 9. The highest BCUT2D eigenvalue weighted by molar-refractivity contribution is 7.98. The van der Waals surface area contributed by atoms with Gasteiger partial charge in [-0.3, -0.25) is 4.79 Å². The molecule has 0 aromatic carbocycles. The Labute approximate surface area is 159 Å². The molecular formula is C20H29N3O2S. The summed E-state index contributed by atoms with van der Waals surface area (Å²) in [7, 11) is 0. The zero-order valence-corrected chi connectivity index (χ0v) is 16.1. The van der Waals surface area contributed by atoms with E-state index in [0.717, 1.165) is 61.5 Å². The number of nitrogens with one attached hydrogen (secondary N) is 1. The topological polar surface area (TPSA) is 66.6 Å². The molecule has 1 aliphatic rings. The number of hydrogen-bond acceptors (Lipinski definition) is 4. The lowest BCUT2D eigenvalue weighted by Crippen LogP contribution is -2.28. The van der Waals surface area contributed by atoms with Crippen molar-refractivity contribution < 1.29 is 9.90 Å². The standard InChI is InChI=1S/C20H29N3O2S/c24-18-8-2-1-6-16(18)7-5-11-21-20(25)10-13-26-15-17-14-23-12-4-3-9-19(23)22-17/h3-4,9,12,14,16,18,24H,1-2,5-8,10-11,13,15H2,(H,21,25)/t16-,18-/m0/s1. The second-order valence-corrected chi connectivity index (χ2v) is 8.21. The molecule has 0 saturated heterocycles. The van der Waals surface area contributed by atoms with E-state index in [1.54, 1.807) is 11.8 Å². The minimum Gasteiger partial charge on any atom is -0.393 e. The van der Waals surface area contributed by atoms with Gasteiger partial charge in [0.1, 0.15) is 5.65 Å². The zero-order chi connectivity index (χ0) is 18.2. The maximum atomic E-state index is 11.9. The molecule has 2 atom stereocenters. The molecule has 1 aliphatic carbocycles. The van der Waals surface area contributed by atoms with Gasteiger partial charge in [-0.05, 0) is 43.7 Å². The number of aromatic nitrogens is 2. The third-order valence-electron chi connectivity index (χ3n) is 5.08. The van der Waals surface area contributed by atoms with Gasteiger partial charge >= 0.3 is 0 Å². The Bertz CT molecular complexity index is 670. The molecule has 0 radical (unpaired) electrons. The molecule has 6 heteroatoms. The van der Waals surface area contributed by atoms with E-state index in [2.05, 4.69) is 10.3 Å². The molecule has 0 bridgehead atoms. The summed E-state index contributed by atoms with van der Waals surface area (Å²) in [4.78, 5) is 16.5. The molecule has 1 amide bonds. The van der Waals surface area contributed by atoms with Crippen molar-refractivity contribution in [1.82, 2.24) is 14.7 Å². The summed E-state index contributed by atoms with van der Waals surface area (Å²) in [6.45, 7) is 0.721. The summed E-state index contributed by atoms with van der Waals surface area (Å²) in [6, 6.07) is 5.97. The molecule has 3 rings (SSSR count). The molecule has 2 aromatic rings. The van der Waals surface area contributed by atoms with Gasteiger partial charge in [-0.1, -0.05) is 18.9 Å². The van der Waals surface area contributed by atoms with Crippen LogP contribution in [0.4, 0.5) is 0 Å². The third kappa shape index (κ3) is 5.74. The number of aliphatic hydroxyl groups excluding tert-OH is 1. The van der Waals surface area contributed by atoms with Crippen LogP contribution in [0.5, 0.6) is 0 Å². The molecule has 26 heavy (non-hydrogen) atoms. The molecule has 2 heterocycles. The largest absolute Gasteiger partial charge is 0.393 e. The van der Waals surface area contributed by atoms with Gasteiger partial charge in [0.25, 0.3) is 0 Å². The first-order chi connectivity index (χ1) is 12.7. The van der Waals surface area contributed by atoms with Crippen molar-refractivity contribution in [3.05, 3.63) is 36.3 Å². The van der Waals surface area contributed by atoms with Crippen LogP contribution in [0.3, 0.4) is 0 Å². The number of thioether (sulfide) groups is 1. The van der Waals surface area contributed by atoms with Crippen molar-refractivity contribution >= 4 is 23.3 Å². The Morgan fingerprint density at radius 1 is 1.35 bits per heavy atom. The Balaban J connectivity index is 1.25. The van der Waals surface area contributed by atoms with Crippen molar-refractivity contribution in [2.45, 2.75) is 56.8 Å². The number of carbonyl (C=O) groups is 1. The summed E-state index contributed by atoms with van der Waals surface area (Å²) in [5.41, 5.74) is 2.01. The fourth-order valence-electron chi connectivity index (χ4n) is 3.60. The first kappa shape index (κ1) is 19.2. The van der Waals surface area contributed by atoms with Gasteiger partial charge in [-0.25, -0.2) is 4.98 Å². The molecule has 5 nitrogen and oxygen atoms in total. The van der Waals surface area contributed by atoms with Crippen LogP contribution >= 0.6 is 11.8 Å². The first-order valence-electron chi connectivity index (χ1n) is 9.67. The SMILES string of the molecule is O=C(CCSCc1cn2ccccc2n1)NCCC[C@@H]1CCCC[C@@H]1O. The molecule has 0 unspecified atom stereocenters. The summed E-state index contributed by atoms with van der Waals surface area (Å²) >= 11 is 1.74. The van der Waals surface area contributed by atoms with Crippen molar-refractivity contribution in [3.63, 3.8) is 0 Å². The molecule has 2 aromatic heterocycles. The van der Waals surface area contributed by atoms with Gasteiger partial charge in [-0.2, -0.15) is 11.8 Å². The zero-order valence-electron chi connectivity index (χ0n) is 15.3. The van der Waals surface area contributed by atoms with Crippen LogP contribution < -0.4 is 5.32 Å². The minimum atomic E-state index is -0.129. The minimum absolute atomic E-state index is 0.122. The second-order valence-electron chi connectivity index (χ2n) is 7.10. The number of carbonyl (C=O) groups excluding carboxylic acids is 1. The van der Waals surface area contributed by atoms with Gasteiger partial charge in [-0.15, -0.1) is 0 Å². The number of nitrogens with zero attached hydrogens (tertiary/aromatic N) is 2. The lowest BCUT2D eigenvalue weighted by Gasteiger charge is -2.27. The molecular weight excluding hydrogens is 346 g/mol. The quantitative estimate of drug-likeness (QED) is 0.659. The second kappa shape index (κ2) is 9.97. The Kier molecular flexibility index (Phi) is 7.38. The lowest BCUT2D eigenvalue weighted by molar-refractivity contribution is -0.120. The van der Waals surface area contributed by atoms with Crippen LogP contribution in [0.1, 0.15) is 50.6 Å². The summed E-state index contributed by atoms with van der Waals surface area (Å²) in [5, 5.41) is 13.0. The maximum absolute atomic E-state index is 11.9. The highest BCUT2D eigenvalue weighted by Gasteiger charge is 2.22. The van der Waals surface area contributed by atoms with Crippen molar-refractivity contribution in [1.29, 1.82) is 0 Å². The van der Waals surface area contributed by atoms with Crippen LogP contribution in [0, 0.1) is 5.92 Å². The van der Waals surface area contributed by atoms with Crippen molar-refractivity contribution in [2.75, 3.05) is 12.3 Å². The average molecular weight is 376 g/mol. The van der Waals surface area contributed by atoms with Crippen LogP contribution in [0.25, 0.3) is 5.65 Å². The molecule has 2 N–H and O–H groups in total. The third-order valence-corrected chi connectivity index (χ3v) is 6.07. The Hall–Kier alpha value is -1.53. The maximum Gasteiger partial charge on any atom is 0.220 e. The fraction of sp³-hybridized carbons (Fsp3) is 0.600. The summed E-state index contributed by atoms with van der Waals surface area (Å²) < 4.78 is 2.02. The van der Waals surface area contributed by atoms with Gasteiger partial charge < -0.3 is 14.8 Å². The monoisotopic (exact) mass is 375 g/mol. The molecule has 0 spiro atoms. The fourth-order valence-corrected chi connectivity index (χ4v) is 4.43. The summed E-state index contributed by atoms with van der Waals surface area (Å²) in [6.07, 6.45) is 10.9. The van der Waals surface area contributed by atoms with Gasteiger partial charge in [0.05, 0.1) is 11.8 Å². The summed E-state index contributed by atoms with van der Waals surface area (Å²) in [5.74, 6) is 2.19.